The highest BCUT2D eigenvalue weighted by Crippen LogP contribution is 2.34. The van der Waals surface area contributed by atoms with E-state index in [1.165, 1.54) is 20.3 Å². The number of aromatic hydroxyl groups is 1. The highest BCUT2D eigenvalue weighted by molar-refractivity contribution is 5.89. The van der Waals surface area contributed by atoms with Crippen LogP contribution in [-0.2, 0) is 4.74 Å². The Kier molecular flexibility index (Phi) is 4.20. The van der Waals surface area contributed by atoms with Crippen LogP contribution in [0.25, 0.3) is 22.2 Å². The van der Waals surface area contributed by atoms with Gasteiger partial charge in [-0.3, -0.25) is 0 Å². The maximum atomic E-state index is 11.5. The van der Waals surface area contributed by atoms with Gasteiger partial charge in [0, 0.05) is 17.0 Å². The van der Waals surface area contributed by atoms with Crippen molar-refractivity contribution < 1.29 is 24.1 Å². The van der Waals surface area contributed by atoms with Crippen molar-refractivity contribution in [3.8, 4) is 28.5 Å². The lowest BCUT2D eigenvalue weighted by Crippen LogP contribution is -2.08. The molecule has 0 aliphatic heterocycles. The number of carbonyl (C=O) groups excluding carboxylic acids is 1. The quantitative estimate of drug-likeness (QED) is 0.739. The third-order valence-corrected chi connectivity index (χ3v) is 3.51. The molecule has 1 N–H and O–H groups in total. The summed E-state index contributed by atoms with van der Waals surface area (Å²) in [4.78, 5) is 16.1. The molecular formula is C18H15NO5. The van der Waals surface area contributed by atoms with Gasteiger partial charge in [0.05, 0.1) is 25.4 Å². The van der Waals surface area contributed by atoms with E-state index in [9.17, 15) is 9.90 Å². The number of aromatic nitrogens is 1. The third kappa shape index (κ3) is 2.94. The van der Waals surface area contributed by atoms with Gasteiger partial charge < -0.3 is 19.3 Å². The Morgan fingerprint density at radius 1 is 1.04 bits per heavy atom. The molecule has 0 fully saturated rings. The molecule has 1 heterocycles. The SMILES string of the molecule is COC(=O)Oc1cc(-c2ccc(O)c(OC)c2)nc2ccccc12. The van der Waals surface area contributed by atoms with E-state index in [0.29, 0.717) is 33.7 Å². The number of nitrogens with zero attached hydrogens (tertiary/aromatic N) is 1. The first-order chi connectivity index (χ1) is 11.6. The highest BCUT2D eigenvalue weighted by Gasteiger charge is 2.13. The van der Waals surface area contributed by atoms with E-state index in [-0.39, 0.29) is 5.75 Å². The second-order valence-electron chi connectivity index (χ2n) is 4.97. The maximum absolute atomic E-state index is 11.5. The minimum absolute atomic E-state index is 0.0353. The number of ether oxygens (including phenoxy) is 3. The number of phenols is 1. The number of carbonyl (C=O) groups is 1. The van der Waals surface area contributed by atoms with Gasteiger partial charge >= 0.3 is 6.16 Å². The predicted molar refractivity (Wildman–Crippen MR) is 88.4 cm³/mol. The van der Waals surface area contributed by atoms with Crippen molar-refractivity contribution >= 4 is 17.1 Å². The minimum atomic E-state index is -0.805. The minimum Gasteiger partial charge on any atom is -0.504 e. The van der Waals surface area contributed by atoms with Crippen LogP contribution in [0.5, 0.6) is 17.2 Å². The number of fused-ring (bicyclic) bond motifs is 1. The molecule has 2 aromatic carbocycles. The summed E-state index contributed by atoms with van der Waals surface area (Å²) < 4.78 is 14.9. The van der Waals surface area contributed by atoms with Crippen LogP contribution >= 0.6 is 0 Å². The molecular weight excluding hydrogens is 310 g/mol. The van der Waals surface area contributed by atoms with Crippen LogP contribution in [0.15, 0.2) is 48.5 Å². The summed E-state index contributed by atoms with van der Waals surface area (Å²) >= 11 is 0. The number of hydrogen-bond donors (Lipinski definition) is 1. The normalized spacial score (nSPS) is 10.4. The van der Waals surface area contributed by atoms with E-state index in [0.717, 1.165) is 0 Å². The molecule has 0 saturated carbocycles. The van der Waals surface area contributed by atoms with E-state index in [4.69, 9.17) is 9.47 Å². The smallest absolute Gasteiger partial charge is 0.504 e. The number of methoxy groups -OCH3 is 2. The molecule has 0 saturated heterocycles. The van der Waals surface area contributed by atoms with Gasteiger partial charge in [-0.15, -0.1) is 0 Å². The first-order valence-corrected chi connectivity index (χ1v) is 7.15. The Balaban J connectivity index is 2.16. The molecule has 0 unspecified atom stereocenters. The number of hydrogen-bond acceptors (Lipinski definition) is 6. The second kappa shape index (κ2) is 6.45. The molecule has 0 radical (unpaired) electrons. The Bertz CT molecular complexity index is 907. The van der Waals surface area contributed by atoms with Crippen LogP contribution in [0.2, 0.25) is 0 Å². The van der Waals surface area contributed by atoms with Crippen LogP contribution in [0.4, 0.5) is 4.79 Å². The summed E-state index contributed by atoms with van der Waals surface area (Å²) in [7, 11) is 2.72. The van der Waals surface area contributed by atoms with Crippen LogP contribution in [0.1, 0.15) is 0 Å². The third-order valence-electron chi connectivity index (χ3n) is 3.51. The molecule has 1 aromatic heterocycles. The zero-order valence-corrected chi connectivity index (χ0v) is 13.1. The molecule has 6 heteroatoms. The fourth-order valence-corrected chi connectivity index (χ4v) is 2.34. The van der Waals surface area contributed by atoms with Crippen LogP contribution in [0.3, 0.4) is 0 Å². The summed E-state index contributed by atoms with van der Waals surface area (Å²) in [5.74, 6) is 0.709. The van der Waals surface area contributed by atoms with Gasteiger partial charge in [0.1, 0.15) is 5.75 Å². The molecule has 0 spiro atoms. The van der Waals surface area contributed by atoms with Gasteiger partial charge in [-0.25, -0.2) is 9.78 Å². The molecule has 0 amide bonds. The van der Waals surface area contributed by atoms with E-state index in [1.54, 1.807) is 18.2 Å². The molecule has 24 heavy (non-hydrogen) atoms. The van der Waals surface area contributed by atoms with E-state index in [1.807, 2.05) is 24.3 Å². The zero-order chi connectivity index (χ0) is 17.1. The Morgan fingerprint density at radius 3 is 2.58 bits per heavy atom. The number of phenolic OH excluding ortho intramolecular Hbond substituents is 1. The highest BCUT2D eigenvalue weighted by atomic mass is 16.7. The molecule has 3 rings (SSSR count). The Morgan fingerprint density at radius 2 is 1.83 bits per heavy atom. The molecule has 0 aliphatic rings. The number of pyridine rings is 1. The molecule has 6 nitrogen and oxygen atoms in total. The van der Waals surface area contributed by atoms with Crippen molar-refractivity contribution in [2.24, 2.45) is 0 Å². The van der Waals surface area contributed by atoms with Crippen molar-refractivity contribution in [2.45, 2.75) is 0 Å². The van der Waals surface area contributed by atoms with Gasteiger partial charge in [0.25, 0.3) is 0 Å². The summed E-state index contributed by atoms with van der Waals surface area (Å²) in [6.07, 6.45) is -0.805. The first-order valence-electron chi connectivity index (χ1n) is 7.15. The number of para-hydroxylation sites is 1. The van der Waals surface area contributed by atoms with Gasteiger partial charge in [-0.05, 0) is 30.3 Å². The summed E-state index contributed by atoms with van der Waals surface area (Å²) in [5.41, 5.74) is 1.96. The monoisotopic (exact) mass is 325 g/mol. The average molecular weight is 325 g/mol. The van der Waals surface area contributed by atoms with Crippen molar-refractivity contribution in [3.05, 3.63) is 48.5 Å². The molecule has 122 valence electrons. The summed E-state index contributed by atoms with van der Waals surface area (Å²) in [5, 5.41) is 10.4. The van der Waals surface area contributed by atoms with Crippen molar-refractivity contribution in [1.29, 1.82) is 0 Å². The van der Waals surface area contributed by atoms with E-state index in [2.05, 4.69) is 9.72 Å². The van der Waals surface area contributed by atoms with Crippen LogP contribution in [-0.4, -0.2) is 30.5 Å². The lowest BCUT2D eigenvalue weighted by molar-refractivity contribution is 0.122. The largest absolute Gasteiger partial charge is 0.513 e. The van der Waals surface area contributed by atoms with Gasteiger partial charge in [-0.1, -0.05) is 12.1 Å². The van der Waals surface area contributed by atoms with E-state index < -0.39 is 6.16 Å². The van der Waals surface area contributed by atoms with Gasteiger partial charge in [0.15, 0.2) is 11.5 Å². The van der Waals surface area contributed by atoms with Gasteiger partial charge in [0.2, 0.25) is 0 Å². The van der Waals surface area contributed by atoms with Crippen LogP contribution < -0.4 is 9.47 Å². The second-order valence-corrected chi connectivity index (χ2v) is 4.97. The maximum Gasteiger partial charge on any atom is 0.513 e. The number of benzene rings is 2. The lowest BCUT2D eigenvalue weighted by Gasteiger charge is -2.11. The van der Waals surface area contributed by atoms with Crippen LogP contribution in [0, 0.1) is 0 Å². The first kappa shape index (κ1) is 15.6. The van der Waals surface area contributed by atoms with Crippen molar-refractivity contribution in [2.75, 3.05) is 14.2 Å². The fourth-order valence-electron chi connectivity index (χ4n) is 2.34. The van der Waals surface area contributed by atoms with Gasteiger partial charge in [-0.2, -0.15) is 0 Å². The Hall–Kier alpha value is -3.28. The number of rotatable bonds is 3. The van der Waals surface area contributed by atoms with Crippen molar-refractivity contribution in [3.63, 3.8) is 0 Å². The lowest BCUT2D eigenvalue weighted by atomic mass is 10.1. The topological polar surface area (TPSA) is 77.9 Å². The van der Waals surface area contributed by atoms with E-state index >= 15 is 0 Å². The fraction of sp³-hybridized carbons (Fsp3) is 0.111. The molecule has 0 atom stereocenters. The predicted octanol–water partition coefficient (Wildman–Crippen LogP) is 3.76. The average Bonchev–Trinajstić information content (AvgIpc) is 2.61. The molecule has 3 aromatic rings. The standard InChI is InChI=1S/C18H15NO5/c1-22-17-9-11(7-8-15(17)20)14-10-16(24-18(21)23-2)12-5-3-4-6-13(12)19-14/h3-10,20H,1-2H3. The Labute approximate surface area is 138 Å². The summed E-state index contributed by atoms with van der Waals surface area (Å²) in [6, 6.07) is 13.8. The molecule has 0 aliphatic carbocycles. The van der Waals surface area contributed by atoms with Crippen molar-refractivity contribution in [1.82, 2.24) is 4.98 Å². The summed E-state index contributed by atoms with van der Waals surface area (Å²) in [6.45, 7) is 0. The molecule has 0 bridgehead atoms. The zero-order valence-electron chi connectivity index (χ0n) is 13.1.